The Kier molecular flexibility index (Phi) is 10.5. The van der Waals surface area contributed by atoms with Gasteiger partial charge in [0.25, 0.3) is 5.91 Å². The molecule has 0 aliphatic carbocycles. The summed E-state index contributed by atoms with van der Waals surface area (Å²) in [6.07, 6.45) is 3.85. The van der Waals surface area contributed by atoms with Crippen LogP contribution in [0.4, 0.5) is 0 Å². The van der Waals surface area contributed by atoms with Gasteiger partial charge in [-0.15, -0.1) is 0 Å². The average Bonchev–Trinajstić information content (AvgIpc) is 2.54. The van der Waals surface area contributed by atoms with Gasteiger partial charge in [0, 0.05) is 6.54 Å². The molecular weight excluding hydrogens is 280 g/mol. The van der Waals surface area contributed by atoms with E-state index in [0.717, 1.165) is 51.7 Å². The largest absolute Gasteiger partial charge is 0.411 e. The lowest BCUT2D eigenvalue weighted by atomic mass is 10.1. The van der Waals surface area contributed by atoms with Crippen LogP contribution >= 0.6 is 0 Å². The summed E-state index contributed by atoms with van der Waals surface area (Å²) in [6, 6.07) is 10.5. The molecule has 0 saturated carbocycles. The molecule has 0 saturated heterocycles. The van der Waals surface area contributed by atoms with Crippen LogP contribution in [-0.4, -0.2) is 50.1 Å². The second-order valence-electron chi connectivity index (χ2n) is 4.98. The summed E-state index contributed by atoms with van der Waals surface area (Å²) in [6.45, 7) is 4.41. The molecule has 0 spiro atoms. The minimum absolute atomic E-state index is 0.370. The number of carbonyl (C=O) groups is 1. The normalized spacial score (nSPS) is 10.9. The average molecular weight is 306 g/mol. The molecule has 4 N–H and O–H groups in total. The van der Waals surface area contributed by atoms with Crippen molar-refractivity contribution in [3.8, 4) is 0 Å². The predicted molar refractivity (Wildman–Crippen MR) is 88.4 cm³/mol. The highest BCUT2D eigenvalue weighted by Gasteiger charge is 1.95. The molecule has 6 nitrogen and oxygen atoms in total. The second-order valence-corrected chi connectivity index (χ2v) is 4.98. The molecule has 0 aliphatic heterocycles. The van der Waals surface area contributed by atoms with E-state index in [1.165, 1.54) is 5.56 Å². The van der Waals surface area contributed by atoms with E-state index >= 15 is 0 Å². The summed E-state index contributed by atoms with van der Waals surface area (Å²) in [5, 5.41) is 20.2. The lowest BCUT2D eigenvalue weighted by Crippen LogP contribution is -2.29. The molecule has 122 valence electrons. The third kappa shape index (κ3) is 9.90. The van der Waals surface area contributed by atoms with Crippen LogP contribution in [0.25, 0.3) is 0 Å². The number of benzene rings is 1. The van der Waals surface area contributed by atoms with Crippen LogP contribution in [0.2, 0.25) is 0 Å². The van der Waals surface area contributed by atoms with Gasteiger partial charge in [0.15, 0.2) is 0 Å². The summed E-state index contributed by atoms with van der Waals surface area (Å²) >= 11 is 0. The highest BCUT2D eigenvalue weighted by Crippen LogP contribution is 1.97. The number of oxime groups is 1. The SMILES string of the molecule is O=C(/C=N\O)NCCCNCCCNCCc1ccccc1. The van der Waals surface area contributed by atoms with E-state index < -0.39 is 0 Å². The Balaban J connectivity index is 1.81. The van der Waals surface area contributed by atoms with Crippen molar-refractivity contribution in [1.82, 2.24) is 16.0 Å². The predicted octanol–water partition coefficient (Wildman–Crippen LogP) is 0.765. The Morgan fingerprint density at radius 2 is 1.64 bits per heavy atom. The Hall–Kier alpha value is -1.92. The number of hydrogen-bond acceptors (Lipinski definition) is 5. The number of nitrogens with zero attached hydrogens (tertiary/aromatic N) is 1. The summed E-state index contributed by atoms with van der Waals surface area (Å²) < 4.78 is 0. The fourth-order valence-corrected chi connectivity index (χ4v) is 1.99. The van der Waals surface area contributed by atoms with Crippen molar-refractivity contribution in [1.29, 1.82) is 0 Å². The molecule has 1 amide bonds. The van der Waals surface area contributed by atoms with Crippen LogP contribution in [0.5, 0.6) is 0 Å². The number of amides is 1. The van der Waals surface area contributed by atoms with Crippen molar-refractivity contribution in [3.63, 3.8) is 0 Å². The number of rotatable bonds is 12. The fourth-order valence-electron chi connectivity index (χ4n) is 1.99. The third-order valence-corrected chi connectivity index (χ3v) is 3.14. The molecule has 0 unspecified atom stereocenters. The minimum atomic E-state index is -0.370. The highest BCUT2D eigenvalue weighted by atomic mass is 16.4. The first-order valence-corrected chi connectivity index (χ1v) is 7.73. The lowest BCUT2D eigenvalue weighted by Gasteiger charge is -2.07. The van der Waals surface area contributed by atoms with Gasteiger partial charge in [-0.05, 0) is 51.0 Å². The van der Waals surface area contributed by atoms with Gasteiger partial charge in [-0.1, -0.05) is 35.5 Å². The van der Waals surface area contributed by atoms with Crippen LogP contribution in [0.1, 0.15) is 18.4 Å². The van der Waals surface area contributed by atoms with Gasteiger partial charge in [-0.25, -0.2) is 0 Å². The van der Waals surface area contributed by atoms with Crippen LogP contribution in [0.15, 0.2) is 35.5 Å². The van der Waals surface area contributed by atoms with Gasteiger partial charge in [0.2, 0.25) is 0 Å². The first kappa shape index (κ1) is 18.1. The van der Waals surface area contributed by atoms with Crippen molar-refractivity contribution in [2.24, 2.45) is 5.16 Å². The molecule has 0 fully saturated rings. The van der Waals surface area contributed by atoms with Crippen molar-refractivity contribution in [2.45, 2.75) is 19.3 Å². The maximum Gasteiger partial charge on any atom is 0.265 e. The van der Waals surface area contributed by atoms with E-state index in [0.29, 0.717) is 6.54 Å². The molecule has 1 rings (SSSR count). The van der Waals surface area contributed by atoms with E-state index in [1.54, 1.807) is 0 Å². The summed E-state index contributed by atoms with van der Waals surface area (Å²) in [7, 11) is 0. The summed E-state index contributed by atoms with van der Waals surface area (Å²) in [4.78, 5) is 10.9. The molecule has 0 atom stereocenters. The first-order valence-electron chi connectivity index (χ1n) is 7.73. The highest BCUT2D eigenvalue weighted by molar-refractivity contribution is 6.25. The number of hydrogen-bond donors (Lipinski definition) is 4. The van der Waals surface area contributed by atoms with Crippen LogP contribution in [-0.2, 0) is 11.2 Å². The van der Waals surface area contributed by atoms with Crippen molar-refractivity contribution in [2.75, 3.05) is 32.7 Å². The third-order valence-electron chi connectivity index (χ3n) is 3.14. The standard InChI is InChI=1S/C16H26N4O2/c21-16(14-20-22)19-12-5-11-17-9-4-10-18-13-8-15-6-2-1-3-7-15/h1-3,6-7,14,17-18,22H,4-5,8-13H2,(H,19,21)/b20-14-. The van der Waals surface area contributed by atoms with E-state index in [2.05, 4.69) is 45.4 Å². The van der Waals surface area contributed by atoms with Crippen molar-refractivity contribution < 1.29 is 10.0 Å². The topological polar surface area (TPSA) is 85.8 Å². The molecule has 0 aromatic heterocycles. The van der Waals surface area contributed by atoms with Crippen molar-refractivity contribution >= 4 is 12.1 Å². The Bertz CT molecular complexity index is 423. The van der Waals surface area contributed by atoms with Crippen LogP contribution < -0.4 is 16.0 Å². The molecule has 0 radical (unpaired) electrons. The second kappa shape index (κ2) is 12.8. The molecule has 6 heteroatoms. The number of carbonyl (C=O) groups excluding carboxylic acids is 1. The first-order chi connectivity index (χ1) is 10.8. The molecule has 0 bridgehead atoms. The van der Waals surface area contributed by atoms with E-state index in [-0.39, 0.29) is 5.91 Å². The van der Waals surface area contributed by atoms with Gasteiger partial charge < -0.3 is 21.2 Å². The molecule has 1 aromatic rings. The smallest absolute Gasteiger partial charge is 0.265 e. The van der Waals surface area contributed by atoms with Crippen LogP contribution in [0.3, 0.4) is 0 Å². The zero-order valence-electron chi connectivity index (χ0n) is 12.9. The summed E-state index contributed by atoms with van der Waals surface area (Å²) in [5.74, 6) is -0.370. The Morgan fingerprint density at radius 3 is 2.32 bits per heavy atom. The molecule has 0 aliphatic rings. The molecule has 22 heavy (non-hydrogen) atoms. The fraction of sp³-hybridized carbons (Fsp3) is 0.500. The van der Waals surface area contributed by atoms with Gasteiger partial charge in [0.1, 0.15) is 6.21 Å². The maximum atomic E-state index is 10.9. The number of nitrogens with one attached hydrogen (secondary N) is 3. The molecule has 0 heterocycles. The zero-order valence-corrected chi connectivity index (χ0v) is 12.9. The van der Waals surface area contributed by atoms with Gasteiger partial charge in [0.05, 0.1) is 0 Å². The van der Waals surface area contributed by atoms with E-state index in [9.17, 15) is 4.79 Å². The van der Waals surface area contributed by atoms with Gasteiger partial charge >= 0.3 is 0 Å². The lowest BCUT2D eigenvalue weighted by molar-refractivity contribution is -0.114. The van der Waals surface area contributed by atoms with Gasteiger partial charge in [-0.3, -0.25) is 4.79 Å². The molecule has 1 aromatic carbocycles. The maximum absolute atomic E-state index is 10.9. The zero-order chi connectivity index (χ0) is 15.9. The quantitative estimate of drug-likeness (QED) is 0.199. The van der Waals surface area contributed by atoms with Crippen molar-refractivity contribution in [3.05, 3.63) is 35.9 Å². The Labute approximate surface area is 132 Å². The minimum Gasteiger partial charge on any atom is -0.411 e. The van der Waals surface area contributed by atoms with E-state index in [4.69, 9.17) is 5.21 Å². The Morgan fingerprint density at radius 1 is 1.00 bits per heavy atom. The van der Waals surface area contributed by atoms with Gasteiger partial charge in [-0.2, -0.15) is 0 Å². The monoisotopic (exact) mass is 306 g/mol. The summed E-state index contributed by atoms with van der Waals surface area (Å²) in [5.41, 5.74) is 1.36. The molecular formula is C16H26N4O2. The van der Waals surface area contributed by atoms with E-state index in [1.807, 2.05) is 6.07 Å². The van der Waals surface area contributed by atoms with Crippen LogP contribution in [0, 0.1) is 0 Å².